The van der Waals surface area contributed by atoms with Gasteiger partial charge in [0.2, 0.25) is 0 Å². The number of amides is 2. The Bertz CT molecular complexity index is 438. The summed E-state index contributed by atoms with van der Waals surface area (Å²) in [5, 5.41) is 4.99. The zero-order chi connectivity index (χ0) is 14.1. The Balaban J connectivity index is 2.58. The molecule has 0 atom stereocenters. The number of anilines is 1. The highest BCUT2D eigenvalue weighted by Gasteiger charge is 2.14. The summed E-state index contributed by atoms with van der Waals surface area (Å²) in [7, 11) is 0. The van der Waals surface area contributed by atoms with Crippen molar-refractivity contribution in [3.8, 4) is 5.75 Å². The molecule has 0 fully saturated rings. The molecule has 0 radical (unpaired) electrons. The van der Waals surface area contributed by atoms with Gasteiger partial charge in [0.05, 0.1) is 12.3 Å². The van der Waals surface area contributed by atoms with Crippen LogP contribution in [0.15, 0.2) is 24.3 Å². The van der Waals surface area contributed by atoms with Gasteiger partial charge < -0.3 is 15.4 Å². The number of alkyl halides is 1. The molecule has 19 heavy (non-hydrogen) atoms. The highest BCUT2D eigenvalue weighted by molar-refractivity contribution is 6.39. The van der Waals surface area contributed by atoms with E-state index in [2.05, 4.69) is 10.6 Å². The van der Waals surface area contributed by atoms with Gasteiger partial charge in [-0.05, 0) is 25.5 Å². The molecule has 2 N–H and O–H groups in total. The molecule has 0 aliphatic carbocycles. The summed E-state index contributed by atoms with van der Waals surface area (Å²) < 4.78 is 5.35. The standard InChI is InChI=1S/C13H17ClN2O3/c1-2-19-11-7-4-3-6-10(11)16-13(18)12(17)15-9-5-8-14/h3-4,6-7H,2,5,8-9H2,1H3,(H,15,17)(H,16,18). The average molecular weight is 285 g/mol. The SMILES string of the molecule is CCOc1ccccc1NC(=O)C(=O)NCCCCl. The van der Waals surface area contributed by atoms with Crippen molar-refractivity contribution in [2.24, 2.45) is 0 Å². The molecule has 6 heteroatoms. The third-order valence-corrected chi connectivity index (χ3v) is 2.50. The van der Waals surface area contributed by atoms with E-state index in [1.165, 1.54) is 0 Å². The molecule has 0 saturated heterocycles. The molecule has 0 spiro atoms. The van der Waals surface area contributed by atoms with Crippen LogP contribution in [0.1, 0.15) is 13.3 Å². The van der Waals surface area contributed by atoms with E-state index in [9.17, 15) is 9.59 Å². The fourth-order valence-corrected chi connectivity index (χ4v) is 1.51. The second-order valence-corrected chi connectivity index (χ2v) is 4.06. The van der Waals surface area contributed by atoms with Crippen LogP contribution < -0.4 is 15.4 Å². The first-order valence-electron chi connectivity index (χ1n) is 6.06. The Morgan fingerprint density at radius 3 is 2.68 bits per heavy atom. The minimum atomic E-state index is -0.721. The van der Waals surface area contributed by atoms with Crippen molar-refractivity contribution in [2.45, 2.75) is 13.3 Å². The highest BCUT2D eigenvalue weighted by Crippen LogP contribution is 2.23. The van der Waals surface area contributed by atoms with Crippen molar-refractivity contribution in [2.75, 3.05) is 24.3 Å². The lowest BCUT2D eigenvalue weighted by Gasteiger charge is -2.11. The second-order valence-electron chi connectivity index (χ2n) is 3.68. The van der Waals surface area contributed by atoms with Crippen LogP contribution in [0.5, 0.6) is 5.75 Å². The number of nitrogens with one attached hydrogen (secondary N) is 2. The molecular weight excluding hydrogens is 268 g/mol. The van der Waals surface area contributed by atoms with Gasteiger partial charge in [-0.15, -0.1) is 11.6 Å². The summed E-state index contributed by atoms with van der Waals surface area (Å²) in [4.78, 5) is 23.1. The lowest BCUT2D eigenvalue weighted by atomic mass is 10.3. The van der Waals surface area contributed by atoms with Crippen LogP contribution in [0.4, 0.5) is 5.69 Å². The van der Waals surface area contributed by atoms with Gasteiger partial charge in [-0.1, -0.05) is 12.1 Å². The largest absolute Gasteiger partial charge is 0.492 e. The molecule has 0 unspecified atom stereocenters. The normalized spacial score (nSPS) is 9.79. The molecule has 0 aliphatic rings. The van der Waals surface area contributed by atoms with E-state index < -0.39 is 11.8 Å². The molecule has 2 amide bonds. The van der Waals surface area contributed by atoms with E-state index >= 15 is 0 Å². The Kier molecular flexibility index (Phi) is 6.74. The smallest absolute Gasteiger partial charge is 0.313 e. The quantitative estimate of drug-likeness (QED) is 0.475. The molecular formula is C13H17ClN2O3. The monoisotopic (exact) mass is 284 g/mol. The zero-order valence-corrected chi connectivity index (χ0v) is 11.5. The number of hydrogen-bond donors (Lipinski definition) is 2. The molecule has 1 aromatic carbocycles. The maximum atomic E-state index is 11.7. The Hall–Kier alpha value is -1.75. The predicted molar refractivity (Wildman–Crippen MR) is 74.6 cm³/mol. The van der Waals surface area contributed by atoms with Gasteiger partial charge in [-0.3, -0.25) is 9.59 Å². The van der Waals surface area contributed by atoms with Gasteiger partial charge in [0, 0.05) is 12.4 Å². The Labute approximate surface area is 117 Å². The van der Waals surface area contributed by atoms with E-state index in [1.54, 1.807) is 24.3 Å². The van der Waals surface area contributed by atoms with E-state index in [-0.39, 0.29) is 0 Å². The van der Waals surface area contributed by atoms with Crippen LogP contribution >= 0.6 is 11.6 Å². The van der Waals surface area contributed by atoms with Gasteiger partial charge in [0.1, 0.15) is 5.75 Å². The van der Waals surface area contributed by atoms with Crippen molar-refractivity contribution < 1.29 is 14.3 Å². The summed E-state index contributed by atoms with van der Waals surface area (Å²) in [5.41, 5.74) is 0.474. The maximum absolute atomic E-state index is 11.7. The molecule has 5 nitrogen and oxygen atoms in total. The number of ether oxygens (including phenoxy) is 1. The molecule has 1 rings (SSSR count). The topological polar surface area (TPSA) is 67.4 Å². The second kappa shape index (κ2) is 8.37. The zero-order valence-electron chi connectivity index (χ0n) is 10.7. The summed E-state index contributed by atoms with van der Waals surface area (Å²) >= 11 is 5.48. The first kappa shape index (κ1) is 15.3. The number of carbonyl (C=O) groups excluding carboxylic acids is 2. The molecule has 0 aromatic heterocycles. The van der Waals surface area contributed by atoms with Crippen molar-refractivity contribution in [1.82, 2.24) is 5.32 Å². The Morgan fingerprint density at radius 1 is 1.26 bits per heavy atom. The first-order valence-corrected chi connectivity index (χ1v) is 6.59. The van der Waals surface area contributed by atoms with Crippen LogP contribution in [0.3, 0.4) is 0 Å². The summed E-state index contributed by atoms with van der Waals surface area (Å²) in [6.07, 6.45) is 0.621. The fourth-order valence-electron chi connectivity index (χ4n) is 1.38. The minimum Gasteiger partial charge on any atom is -0.492 e. The molecule has 104 valence electrons. The fraction of sp³-hybridized carbons (Fsp3) is 0.385. The molecule has 0 bridgehead atoms. The van der Waals surface area contributed by atoms with Gasteiger partial charge >= 0.3 is 11.8 Å². The van der Waals surface area contributed by atoms with E-state index in [0.717, 1.165) is 0 Å². The third-order valence-electron chi connectivity index (χ3n) is 2.24. The summed E-state index contributed by atoms with van der Waals surface area (Å²) in [6.45, 7) is 2.70. The number of para-hydroxylation sites is 2. The van der Waals surface area contributed by atoms with Crippen LogP contribution in [-0.2, 0) is 9.59 Å². The molecule has 0 aliphatic heterocycles. The molecule has 1 aromatic rings. The van der Waals surface area contributed by atoms with Crippen molar-refractivity contribution in [1.29, 1.82) is 0 Å². The average Bonchev–Trinajstić information content (AvgIpc) is 2.41. The number of halogens is 1. The van der Waals surface area contributed by atoms with Gasteiger partial charge in [0.25, 0.3) is 0 Å². The number of carbonyl (C=O) groups is 2. The minimum absolute atomic E-state index is 0.378. The molecule has 0 heterocycles. The van der Waals surface area contributed by atoms with Crippen LogP contribution in [0, 0.1) is 0 Å². The van der Waals surface area contributed by atoms with Gasteiger partial charge in [-0.2, -0.15) is 0 Å². The lowest BCUT2D eigenvalue weighted by molar-refractivity contribution is -0.136. The van der Waals surface area contributed by atoms with Gasteiger partial charge in [-0.25, -0.2) is 0 Å². The summed E-state index contributed by atoms with van der Waals surface area (Å²) in [6, 6.07) is 6.95. The molecule has 0 saturated carbocycles. The van der Waals surface area contributed by atoms with Gasteiger partial charge in [0.15, 0.2) is 0 Å². The third kappa shape index (κ3) is 5.18. The lowest BCUT2D eigenvalue weighted by Crippen LogP contribution is -2.36. The van der Waals surface area contributed by atoms with E-state index in [4.69, 9.17) is 16.3 Å². The van der Waals surface area contributed by atoms with Crippen LogP contribution in [0.2, 0.25) is 0 Å². The van der Waals surface area contributed by atoms with Crippen molar-refractivity contribution in [3.63, 3.8) is 0 Å². The number of rotatable bonds is 6. The van der Waals surface area contributed by atoms with Crippen LogP contribution in [-0.4, -0.2) is 30.8 Å². The first-order chi connectivity index (χ1) is 9.19. The van der Waals surface area contributed by atoms with E-state index in [0.29, 0.717) is 36.9 Å². The highest BCUT2D eigenvalue weighted by atomic mass is 35.5. The van der Waals surface area contributed by atoms with E-state index in [1.807, 2.05) is 6.92 Å². The summed E-state index contributed by atoms with van der Waals surface area (Å²) in [5.74, 6) is -0.431. The van der Waals surface area contributed by atoms with Crippen molar-refractivity contribution in [3.05, 3.63) is 24.3 Å². The number of hydrogen-bond acceptors (Lipinski definition) is 3. The number of benzene rings is 1. The maximum Gasteiger partial charge on any atom is 0.313 e. The van der Waals surface area contributed by atoms with Crippen molar-refractivity contribution >= 4 is 29.1 Å². The Morgan fingerprint density at radius 2 is 2.00 bits per heavy atom. The predicted octanol–water partition coefficient (Wildman–Crippen LogP) is 1.77. The van der Waals surface area contributed by atoms with Crippen LogP contribution in [0.25, 0.3) is 0 Å².